The van der Waals surface area contributed by atoms with Crippen molar-refractivity contribution < 1.29 is 19.4 Å². The number of ether oxygens (including phenoxy) is 1. The predicted octanol–water partition coefficient (Wildman–Crippen LogP) is 2.74. The predicted molar refractivity (Wildman–Crippen MR) is 106 cm³/mol. The van der Waals surface area contributed by atoms with Crippen LogP contribution in [0.2, 0.25) is 0 Å². The topological polar surface area (TPSA) is 82.6 Å². The van der Waals surface area contributed by atoms with Gasteiger partial charge in [0.2, 0.25) is 5.91 Å². The second-order valence-electron chi connectivity index (χ2n) is 7.01. The molecule has 0 radical (unpaired) electrons. The van der Waals surface area contributed by atoms with Gasteiger partial charge >= 0.3 is 5.97 Å². The van der Waals surface area contributed by atoms with Gasteiger partial charge in [-0.05, 0) is 30.2 Å². The number of benzene rings is 2. The first-order valence-corrected chi connectivity index (χ1v) is 9.29. The number of aliphatic hydroxyl groups is 1. The van der Waals surface area contributed by atoms with Crippen LogP contribution in [0.15, 0.2) is 54.7 Å². The van der Waals surface area contributed by atoms with E-state index in [9.17, 15) is 14.7 Å². The monoisotopic (exact) mass is 378 g/mol. The molecule has 3 aromatic rings. The normalized spacial score (nSPS) is 19.7. The Labute approximate surface area is 162 Å². The summed E-state index contributed by atoms with van der Waals surface area (Å²) in [5, 5.41) is 11.5. The number of amides is 1. The van der Waals surface area contributed by atoms with Gasteiger partial charge in [-0.25, -0.2) is 4.79 Å². The smallest absolute Gasteiger partial charge is 0.335 e. The summed E-state index contributed by atoms with van der Waals surface area (Å²) < 4.78 is 4.99. The van der Waals surface area contributed by atoms with Gasteiger partial charge < -0.3 is 19.7 Å². The SMILES string of the molecule is CCOC(=O)C(O)C[C@@]1(c2c[nH]c3ccccc23)C(=O)N(C)c2ccccc21. The van der Waals surface area contributed by atoms with E-state index in [-0.39, 0.29) is 18.9 Å². The lowest BCUT2D eigenvalue weighted by atomic mass is 9.71. The molecule has 28 heavy (non-hydrogen) atoms. The summed E-state index contributed by atoms with van der Waals surface area (Å²) in [6.45, 7) is 1.85. The molecule has 2 atom stereocenters. The number of para-hydroxylation sites is 2. The summed E-state index contributed by atoms with van der Waals surface area (Å²) in [4.78, 5) is 30.6. The number of carbonyl (C=O) groups excluding carboxylic acids is 2. The fraction of sp³-hybridized carbons (Fsp3) is 0.273. The van der Waals surface area contributed by atoms with Gasteiger partial charge in [0.25, 0.3) is 0 Å². The maximum absolute atomic E-state index is 13.6. The Bertz CT molecular complexity index is 1060. The maximum Gasteiger partial charge on any atom is 0.335 e. The molecular formula is C22H22N2O4. The van der Waals surface area contributed by atoms with Crippen molar-refractivity contribution in [3.63, 3.8) is 0 Å². The summed E-state index contributed by atoms with van der Waals surface area (Å²) in [6.07, 6.45) is 0.293. The van der Waals surface area contributed by atoms with E-state index in [1.54, 1.807) is 25.1 Å². The molecule has 0 saturated heterocycles. The number of esters is 1. The maximum atomic E-state index is 13.6. The minimum absolute atomic E-state index is 0.0894. The number of nitrogens with one attached hydrogen (secondary N) is 1. The van der Waals surface area contributed by atoms with E-state index in [0.717, 1.165) is 27.7 Å². The second kappa shape index (κ2) is 6.80. The molecule has 1 aliphatic rings. The van der Waals surface area contributed by atoms with Gasteiger partial charge in [-0.3, -0.25) is 4.79 Å². The first-order valence-electron chi connectivity index (χ1n) is 9.29. The molecule has 1 amide bonds. The summed E-state index contributed by atoms with van der Waals surface area (Å²) in [5.41, 5.74) is 2.00. The Hall–Kier alpha value is -3.12. The van der Waals surface area contributed by atoms with Crippen LogP contribution in [0, 0.1) is 0 Å². The Balaban J connectivity index is 1.95. The zero-order valence-corrected chi connectivity index (χ0v) is 15.8. The molecule has 6 nitrogen and oxygen atoms in total. The Morgan fingerprint density at radius 2 is 1.89 bits per heavy atom. The third-order valence-corrected chi connectivity index (χ3v) is 5.50. The molecule has 1 aliphatic heterocycles. The quantitative estimate of drug-likeness (QED) is 0.669. The molecule has 0 bridgehead atoms. The van der Waals surface area contributed by atoms with E-state index in [1.807, 2.05) is 48.5 Å². The zero-order valence-electron chi connectivity index (χ0n) is 15.8. The largest absolute Gasteiger partial charge is 0.464 e. The van der Waals surface area contributed by atoms with Gasteiger partial charge in [-0.1, -0.05) is 36.4 Å². The number of aliphatic hydroxyl groups excluding tert-OH is 1. The van der Waals surface area contributed by atoms with Crippen LogP contribution in [-0.2, 0) is 19.7 Å². The molecule has 1 unspecified atom stereocenters. The van der Waals surface area contributed by atoms with Crippen molar-refractivity contribution in [2.45, 2.75) is 24.9 Å². The number of hydrogen-bond donors (Lipinski definition) is 2. The number of hydrogen-bond acceptors (Lipinski definition) is 4. The number of H-pyrrole nitrogens is 1. The van der Waals surface area contributed by atoms with Crippen LogP contribution in [-0.4, -0.2) is 41.7 Å². The molecule has 0 fully saturated rings. The second-order valence-corrected chi connectivity index (χ2v) is 7.01. The van der Waals surface area contributed by atoms with Gasteiger partial charge in [-0.15, -0.1) is 0 Å². The van der Waals surface area contributed by atoms with Crippen molar-refractivity contribution in [3.05, 3.63) is 65.9 Å². The van der Waals surface area contributed by atoms with Crippen molar-refractivity contribution in [1.82, 2.24) is 4.98 Å². The zero-order chi connectivity index (χ0) is 19.9. The lowest BCUT2D eigenvalue weighted by Crippen LogP contribution is -2.44. The first-order chi connectivity index (χ1) is 13.5. The number of aromatic nitrogens is 1. The molecule has 2 aromatic carbocycles. The van der Waals surface area contributed by atoms with Crippen LogP contribution in [0.25, 0.3) is 10.9 Å². The van der Waals surface area contributed by atoms with Gasteiger partial charge in [-0.2, -0.15) is 0 Å². The average Bonchev–Trinajstić information content (AvgIpc) is 3.23. The number of rotatable bonds is 5. The molecule has 6 heteroatoms. The average molecular weight is 378 g/mol. The number of aromatic amines is 1. The van der Waals surface area contributed by atoms with E-state index in [1.165, 1.54) is 0 Å². The molecule has 0 spiro atoms. The Morgan fingerprint density at radius 3 is 2.68 bits per heavy atom. The van der Waals surface area contributed by atoms with E-state index >= 15 is 0 Å². The third-order valence-electron chi connectivity index (χ3n) is 5.50. The van der Waals surface area contributed by atoms with Crippen molar-refractivity contribution in [3.8, 4) is 0 Å². The van der Waals surface area contributed by atoms with Crippen LogP contribution < -0.4 is 4.90 Å². The highest BCUT2D eigenvalue weighted by molar-refractivity contribution is 6.12. The van der Waals surface area contributed by atoms with Gasteiger partial charge in [0.05, 0.1) is 6.61 Å². The lowest BCUT2D eigenvalue weighted by molar-refractivity contribution is -0.154. The minimum Gasteiger partial charge on any atom is -0.464 e. The number of likely N-dealkylation sites (N-methyl/N-ethyl adjacent to an activating group) is 1. The first kappa shape index (κ1) is 18.3. The minimum atomic E-state index is -1.42. The summed E-state index contributed by atoms with van der Waals surface area (Å²) in [7, 11) is 1.72. The van der Waals surface area contributed by atoms with E-state index in [2.05, 4.69) is 4.98 Å². The fourth-order valence-corrected chi connectivity index (χ4v) is 4.24. The van der Waals surface area contributed by atoms with Crippen molar-refractivity contribution in [2.24, 2.45) is 0 Å². The van der Waals surface area contributed by atoms with Gasteiger partial charge in [0.1, 0.15) is 5.41 Å². The van der Waals surface area contributed by atoms with E-state index < -0.39 is 17.5 Å². The van der Waals surface area contributed by atoms with Gasteiger partial charge in [0, 0.05) is 36.3 Å². The van der Waals surface area contributed by atoms with Crippen molar-refractivity contribution in [2.75, 3.05) is 18.6 Å². The summed E-state index contributed by atoms with van der Waals surface area (Å²) >= 11 is 0. The highest BCUT2D eigenvalue weighted by Gasteiger charge is 2.53. The number of fused-ring (bicyclic) bond motifs is 2. The molecule has 1 aromatic heterocycles. The highest BCUT2D eigenvalue weighted by Crippen LogP contribution is 2.50. The number of nitrogens with zero attached hydrogens (tertiary/aromatic N) is 1. The van der Waals surface area contributed by atoms with Crippen LogP contribution in [0.3, 0.4) is 0 Å². The summed E-state index contributed by atoms with van der Waals surface area (Å²) in [6, 6.07) is 15.2. The molecular weight excluding hydrogens is 356 g/mol. The van der Waals surface area contributed by atoms with E-state index in [4.69, 9.17) is 4.74 Å². The molecule has 144 valence electrons. The molecule has 0 saturated carbocycles. The third kappa shape index (κ3) is 2.52. The van der Waals surface area contributed by atoms with Crippen LogP contribution in [0.5, 0.6) is 0 Å². The van der Waals surface area contributed by atoms with Crippen LogP contribution in [0.1, 0.15) is 24.5 Å². The van der Waals surface area contributed by atoms with Crippen molar-refractivity contribution >= 4 is 28.5 Å². The number of anilines is 1. The summed E-state index contributed by atoms with van der Waals surface area (Å²) in [5.74, 6) is -0.900. The van der Waals surface area contributed by atoms with Crippen LogP contribution >= 0.6 is 0 Å². The highest BCUT2D eigenvalue weighted by atomic mass is 16.5. The van der Waals surface area contributed by atoms with Crippen LogP contribution in [0.4, 0.5) is 5.69 Å². The van der Waals surface area contributed by atoms with Crippen molar-refractivity contribution in [1.29, 1.82) is 0 Å². The molecule has 2 N–H and O–H groups in total. The Kier molecular flexibility index (Phi) is 4.43. The molecule has 4 rings (SSSR count). The fourth-order valence-electron chi connectivity index (χ4n) is 4.24. The molecule has 2 heterocycles. The number of carbonyl (C=O) groups is 2. The Morgan fingerprint density at radius 1 is 1.18 bits per heavy atom. The van der Waals surface area contributed by atoms with Gasteiger partial charge in [0.15, 0.2) is 6.10 Å². The standard InChI is InChI=1S/C22H22N2O4/c1-3-28-20(26)19(25)12-22(16-13-23-17-10-6-4-8-14(16)17)15-9-5-7-11-18(15)24(2)21(22)27/h4-11,13,19,23,25H,3,12H2,1-2H3/t19?,22-/m1/s1. The molecule has 0 aliphatic carbocycles. The lowest BCUT2D eigenvalue weighted by Gasteiger charge is -2.30. The van der Waals surface area contributed by atoms with E-state index in [0.29, 0.717) is 0 Å².